The molecule has 2 rings (SSSR count). The van der Waals surface area contributed by atoms with Gasteiger partial charge in [-0.25, -0.2) is 0 Å². The summed E-state index contributed by atoms with van der Waals surface area (Å²) in [6, 6.07) is 6.04. The SMILES string of the molecule is CC(=O)OCc1cccc(C2CCCCC2)c1Cl. The first-order valence-corrected chi connectivity index (χ1v) is 6.97. The number of carbonyl (C=O) groups is 1. The summed E-state index contributed by atoms with van der Waals surface area (Å²) < 4.78 is 5.03. The Balaban J connectivity index is 2.15. The molecule has 0 heterocycles. The number of esters is 1. The number of carbonyl (C=O) groups excluding carboxylic acids is 1. The van der Waals surface area contributed by atoms with Gasteiger partial charge >= 0.3 is 5.97 Å². The minimum Gasteiger partial charge on any atom is -0.461 e. The fraction of sp³-hybridized carbons (Fsp3) is 0.533. The van der Waals surface area contributed by atoms with E-state index in [9.17, 15) is 4.79 Å². The molecule has 0 unspecified atom stereocenters. The molecule has 0 amide bonds. The lowest BCUT2D eigenvalue weighted by atomic mass is 9.83. The molecule has 0 atom stereocenters. The smallest absolute Gasteiger partial charge is 0.302 e. The van der Waals surface area contributed by atoms with E-state index in [1.807, 2.05) is 12.1 Å². The van der Waals surface area contributed by atoms with Crippen molar-refractivity contribution in [2.45, 2.75) is 51.6 Å². The van der Waals surface area contributed by atoms with E-state index in [1.54, 1.807) is 0 Å². The van der Waals surface area contributed by atoms with E-state index >= 15 is 0 Å². The zero-order valence-electron chi connectivity index (χ0n) is 10.7. The average Bonchev–Trinajstić information content (AvgIpc) is 2.38. The molecule has 0 spiro atoms. The molecule has 1 saturated carbocycles. The summed E-state index contributed by atoms with van der Waals surface area (Å²) in [5.74, 6) is 0.303. The molecule has 0 radical (unpaired) electrons. The van der Waals surface area contributed by atoms with Gasteiger partial charge in [0.15, 0.2) is 0 Å². The summed E-state index contributed by atoms with van der Waals surface area (Å²) in [6.45, 7) is 1.69. The van der Waals surface area contributed by atoms with Gasteiger partial charge in [0.25, 0.3) is 0 Å². The second-order valence-electron chi connectivity index (χ2n) is 4.94. The fourth-order valence-electron chi connectivity index (χ4n) is 2.62. The van der Waals surface area contributed by atoms with Crippen LogP contribution in [0.4, 0.5) is 0 Å². The van der Waals surface area contributed by atoms with Crippen LogP contribution >= 0.6 is 11.6 Å². The zero-order valence-corrected chi connectivity index (χ0v) is 11.5. The van der Waals surface area contributed by atoms with E-state index in [-0.39, 0.29) is 12.6 Å². The summed E-state index contributed by atoms with van der Waals surface area (Å²) in [5, 5.41) is 0.783. The van der Waals surface area contributed by atoms with Crippen LogP contribution in [0.25, 0.3) is 0 Å². The van der Waals surface area contributed by atoms with E-state index in [2.05, 4.69) is 6.07 Å². The van der Waals surface area contributed by atoms with Crippen LogP contribution < -0.4 is 0 Å². The molecule has 0 N–H and O–H groups in total. The lowest BCUT2D eigenvalue weighted by Crippen LogP contribution is -2.07. The molecular formula is C15H19ClO2. The summed E-state index contributed by atoms with van der Waals surface area (Å²) in [6.07, 6.45) is 6.35. The Labute approximate surface area is 113 Å². The molecule has 1 aromatic carbocycles. The van der Waals surface area contributed by atoms with E-state index < -0.39 is 0 Å². The van der Waals surface area contributed by atoms with Crippen LogP contribution in [0.3, 0.4) is 0 Å². The second kappa shape index (κ2) is 6.24. The number of hydrogen-bond donors (Lipinski definition) is 0. The predicted molar refractivity (Wildman–Crippen MR) is 72.7 cm³/mol. The lowest BCUT2D eigenvalue weighted by Gasteiger charge is -2.23. The third-order valence-electron chi connectivity index (χ3n) is 3.58. The molecule has 3 heteroatoms. The van der Waals surface area contributed by atoms with Crippen LogP contribution in [0.5, 0.6) is 0 Å². The van der Waals surface area contributed by atoms with Crippen molar-refractivity contribution in [3.63, 3.8) is 0 Å². The van der Waals surface area contributed by atoms with Gasteiger partial charge in [-0.05, 0) is 24.3 Å². The maximum absolute atomic E-state index is 10.8. The number of ether oxygens (including phenoxy) is 1. The van der Waals surface area contributed by atoms with E-state index in [4.69, 9.17) is 16.3 Å². The number of hydrogen-bond acceptors (Lipinski definition) is 2. The number of halogens is 1. The predicted octanol–water partition coefficient (Wildman–Crippen LogP) is 4.45. The highest BCUT2D eigenvalue weighted by atomic mass is 35.5. The van der Waals surface area contributed by atoms with Gasteiger partial charge in [-0.15, -0.1) is 0 Å². The Morgan fingerprint density at radius 1 is 1.33 bits per heavy atom. The first-order valence-electron chi connectivity index (χ1n) is 6.59. The minimum absolute atomic E-state index is 0.269. The van der Waals surface area contributed by atoms with E-state index in [1.165, 1.54) is 44.6 Å². The van der Waals surface area contributed by atoms with Crippen LogP contribution in [0.15, 0.2) is 18.2 Å². The minimum atomic E-state index is -0.269. The third kappa shape index (κ3) is 3.26. The number of rotatable bonds is 3. The van der Waals surface area contributed by atoms with Gasteiger partial charge in [0, 0.05) is 12.5 Å². The van der Waals surface area contributed by atoms with Crippen molar-refractivity contribution in [3.05, 3.63) is 34.3 Å². The van der Waals surface area contributed by atoms with Gasteiger partial charge in [0.2, 0.25) is 0 Å². The molecular weight excluding hydrogens is 248 g/mol. The molecule has 0 bridgehead atoms. The summed E-state index contributed by atoms with van der Waals surface area (Å²) in [7, 11) is 0. The van der Waals surface area contributed by atoms with Crippen LogP contribution in [-0.4, -0.2) is 5.97 Å². The molecule has 1 fully saturated rings. The maximum Gasteiger partial charge on any atom is 0.302 e. The summed E-state index contributed by atoms with van der Waals surface area (Å²) in [5.41, 5.74) is 2.14. The van der Waals surface area contributed by atoms with Gasteiger partial charge < -0.3 is 4.74 Å². The van der Waals surface area contributed by atoms with Gasteiger partial charge in [-0.3, -0.25) is 4.79 Å². The highest BCUT2D eigenvalue weighted by molar-refractivity contribution is 6.32. The Bertz CT molecular complexity index is 423. The Kier molecular flexibility index (Phi) is 4.65. The zero-order chi connectivity index (χ0) is 13.0. The van der Waals surface area contributed by atoms with Crippen molar-refractivity contribution in [3.8, 4) is 0 Å². The standard InChI is InChI=1S/C15H19ClO2/c1-11(17)18-10-13-8-5-9-14(15(13)16)12-6-3-2-4-7-12/h5,8-9,12H,2-4,6-7,10H2,1H3. The molecule has 1 aliphatic carbocycles. The van der Waals surface area contributed by atoms with Crippen molar-refractivity contribution in [1.82, 2.24) is 0 Å². The second-order valence-corrected chi connectivity index (χ2v) is 5.31. The van der Waals surface area contributed by atoms with Crippen molar-refractivity contribution in [2.24, 2.45) is 0 Å². The maximum atomic E-state index is 10.8. The molecule has 1 aliphatic rings. The first-order chi connectivity index (χ1) is 8.68. The Morgan fingerprint density at radius 3 is 2.72 bits per heavy atom. The van der Waals surface area contributed by atoms with Crippen LogP contribution in [-0.2, 0) is 16.1 Å². The normalized spacial score (nSPS) is 16.6. The summed E-state index contributed by atoms with van der Waals surface area (Å²) in [4.78, 5) is 10.8. The van der Waals surface area contributed by atoms with Crippen LogP contribution in [0.1, 0.15) is 56.1 Å². The highest BCUT2D eigenvalue weighted by Crippen LogP contribution is 2.37. The third-order valence-corrected chi connectivity index (χ3v) is 4.05. The topological polar surface area (TPSA) is 26.3 Å². The largest absolute Gasteiger partial charge is 0.461 e. The summed E-state index contributed by atoms with van der Waals surface area (Å²) >= 11 is 6.43. The molecule has 0 aliphatic heterocycles. The molecule has 2 nitrogen and oxygen atoms in total. The molecule has 0 aromatic heterocycles. The van der Waals surface area contributed by atoms with Gasteiger partial charge in [0.05, 0.1) is 5.02 Å². The number of benzene rings is 1. The molecule has 1 aromatic rings. The van der Waals surface area contributed by atoms with Crippen molar-refractivity contribution >= 4 is 17.6 Å². The molecule has 98 valence electrons. The van der Waals surface area contributed by atoms with E-state index in [0.717, 1.165) is 10.6 Å². The van der Waals surface area contributed by atoms with Gasteiger partial charge in [-0.1, -0.05) is 49.1 Å². The van der Waals surface area contributed by atoms with Crippen molar-refractivity contribution in [1.29, 1.82) is 0 Å². The molecule has 18 heavy (non-hydrogen) atoms. The van der Waals surface area contributed by atoms with Crippen molar-refractivity contribution in [2.75, 3.05) is 0 Å². The quantitative estimate of drug-likeness (QED) is 0.756. The highest BCUT2D eigenvalue weighted by Gasteiger charge is 2.19. The monoisotopic (exact) mass is 266 g/mol. The van der Waals surface area contributed by atoms with E-state index in [0.29, 0.717) is 5.92 Å². The average molecular weight is 267 g/mol. The lowest BCUT2D eigenvalue weighted by molar-refractivity contribution is -0.142. The molecule has 0 saturated heterocycles. The van der Waals surface area contributed by atoms with Crippen LogP contribution in [0, 0.1) is 0 Å². The Hall–Kier alpha value is -1.02. The first kappa shape index (κ1) is 13.4. The Morgan fingerprint density at radius 2 is 2.06 bits per heavy atom. The van der Waals surface area contributed by atoms with Gasteiger partial charge in [-0.2, -0.15) is 0 Å². The fourth-order valence-corrected chi connectivity index (χ4v) is 2.95. The van der Waals surface area contributed by atoms with Crippen molar-refractivity contribution < 1.29 is 9.53 Å². The van der Waals surface area contributed by atoms with Crippen LogP contribution in [0.2, 0.25) is 5.02 Å². The van der Waals surface area contributed by atoms with Gasteiger partial charge in [0.1, 0.15) is 6.61 Å².